The summed E-state index contributed by atoms with van der Waals surface area (Å²) in [7, 11) is 0. The summed E-state index contributed by atoms with van der Waals surface area (Å²) in [6, 6.07) is 0. The lowest BCUT2D eigenvalue weighted by molar-refractivity contribution is 0.0430. The summed E-state index contributed by atoms with van der Waals surface area (Å²) in [6.45, 7) is 8.39. The van der Waals surface area contributed by atoms with Crippen molar-refractivity contribution in [1.82, 2.24) is 0 Å². The minimum atomic E-state index is -0.945. The number of hydrogen-bond donors (Lipinski definition) is 3. The lowest BCUT2D eigenvalue weighted by atomic mass is 9.88. The molecule has 3 N–H and O–H groups in total. The maximum Gasteiger partial charge on any atom is 0.122 e. The van der Waals surface area contributed by atoms with E-state index in [4.69, 9.17) is 0 Å². The number of aliphatic hydroxyl groups is 1. The van der Waals surface area contributed by atoms with Gasteiger partial charge in [0.2, 0.25) is 0 Å². The summed E-state index contributed by atoms with van der Waals surface area (Å²) < 4.78 is 12.7. The van der Waals surface area contributed by atoms with E-state index < -0.39 is 5.60 Å². The highest BCUT2D eigenvalue weighted by Crippen LogP contribution is 2.37. The molecule has 0 bridgehead atoms. The molecule has 0 aliphatic heterocycles. The molecule has 0 saturated carbocycles. The van der Waals surface area contributed by atoms with Gasteiger partial charge in [-0.1, -0.05) is 6.08 Å². The fourth-order valence-corrected chi connectivity index (χ4v) is 2.59. The molecule has 0 unspecified atom stereocenters. The molecule has 0 spiro atoms. The standard InChI is InChI=1S/C18H27FO3/c1-11(19)7-6-9-18(5,22)10-8-15-14(4)16(20)12(2)13(3)17(15)21/h7,20-22H,6,8-10H2,1-5H3/b11-7-/t18-/m0/s1. The van der Waals surface area contributed by atoms with E-state index in [1.54, 1.807) is 27.7 Å². The van der Waals surface area contributed by atoms with E-state index in [1.807, 2.05) is 0 Å². The van der Waals surface area contributed by atoms with Gasteiger partial charge in [0.25, 0.3) is 0 Å². The van der Waals surface area contributed by atoms with Gasteiger partial charge in [0.05, 0.1) is 11.4 Å². The average molecular weight is 310 g/mol. The second-order valence-electron chi connectivity index (χ2n) is 6.38. The topological polar surface area (TPSA) is 60.7 Å². The molecule has 0 amide bonds. The van der Waals surface area contributed by atoms with E-state index in [-0.39, 0.29) is 17.3 Å². The third-order valence-electron chi connectivity index (χ3n) is 4.39. The summed E-state index contributed by atoms with van der Waals surface area (Å²) in [5.74, 6) is 0.132. The molecule has 22 heavy (non-hydrogen) atoms. The second kappa shape index (κ2) is 7.14. The highest BCUT2D eigenvalue weighted by molar-refractivity contribution is 5.56. The molecule has 0 aliphatic rings. The molecule has 0 radical (unpaired) electrons. The molecule has 1 aromatic rings. The summed E-state index contributed by atoms with van der Waals surface area (Å²) in [4.78, 5) is 0. The minimum absolute atomic E-state index is 0.183. The molecule has 1 rings (SSSR count). The smallest absolute Gasteiger partial charge is 0.122 e. The lowest BCUT2D eigenvalue weighted by Gasteiger charge is -2.24. The van der Waals surface area contributed by atoms with Gasteiger partial charge in [0, 0.05) is 5.56 Å². The highest BCUT2D eigenvalue weighted by atomic mass is 19.1. The van der Waals surface area contributed by atoms with Crippen LogP contribution in [-0.4, -0.2) is 20.9 Å². The molecule has 1 atom stereocenters. The van der Waals surface area contributed by atoms with Crippen LogP contribution in [0.5, 0.6) is 11.5 Å². The maximum atomic E-state index is 12.7. The number of hydrogen-bond acceptors (Lipinski definition) is 3. The monoisotopic (exact) mass is 310 g/mol. The van der Waals surface area contributed by atoms with Gasteiger partial charge in [-0.3, -0.25) is 0 Å². The van der Waals surface area contributed by atoms with Crippen LogP contribution < -0.4 is 0 Å². The van der Waals surface area contributed by atoms with Crippen molar-refractivity contribution in [1.29, 1.82) is 0 Å². The number of aromatic hydroxyl groups is 2. The maximum absolute atomic E-state index is 12.7. The Kier molecular flexibility index (Phi) is 6.00. The van der Waals surface area contributed by atoms with Crippen molar-refractivity contribution < 1.29 is 19.7 Å². The summed E-state index contributed by atoms with van der Waals surface area (Å²) >= 11 is 0. The van der Waals surface area contributed by atoms with Gasteiger partial charge in [-0.15, -0.1) is 0 Å². The molecule has 0 heterocycles. The molecule has 0 aromatic heterocycles. The Balaban J connectivity index is 2.86. The van der Waals surface area contributed by atoms with Crippen LogP contribution in [0.15, 0.2) is 11.9 Å². The van der Waals surface area contributed by atoms with Gasteiger partial charge in [0.1, 0.15) is 11.5 Å². The number of allylic oxidation sites excluding steroid dienone is 2. The fraction of sp³-hybridized carbons (Fsp3) is 0.556. The normalized spacial score (nSPS) is 15.0. The van der Waals surface area contributed by atoms with Crippen LogP contribution in [0.2, 0.25) is 0 Å². The van der Waals surface area contributed by atoms with Crippen LogP contribution in [0.3, 0.4) is 0 Å². The third kappa shape index (κ3) is 4.47. The number of rotatable bonds is 6. The number of phenolic OH excluding ortho intramolecular Hbond substituents is 2. The predicted octanol–water partition coefficient (Wildman–Crippen LogP) is 4.36. The van der Waals surface area contributed by atoms with Gasteiger partial charge >= 0.3 is 0 Å². The Labute approximate surface area is 132 Å². The van der Waals surface area contributed by atoms with Crippen LogP contribution in [0, 0.1) is 20.8 Å². The van der Waals surface area contributed by atoms with Crippen molar-refractivity contribution in [2.24, 2.45) is 0 Å². The van der Waals surface area contributed by atoms with Crippen molar-refractivity contribution in [3.63, 3.8) is 0 Å². The lowest BCUT2D eigenvalue weighted by Crippen LogP contribution is -2.24. The first-order valence-corrected chi connectivity index (χ1v) is 7.62. The molecule has 4 heteroatoms. The van der Waals surface area contributed by atoms with Gasteiger partial charge in [-0.25, -0.2) is 4.39 Å². The zero-order chi connectivity index (χ0) is 17.1. The van der Waals surface area contributed by atoms with E-state index >= 15 is 0 Å². The van der Waals surface area contributed by atoms with Crippen LogP contribution in [-0.2, 0) is 6.42 Å². The van der Waals surface area contributed by atoms with Gasteiger partial charge in [-0.2, -0.15) is 0 Å². The van der Waals surface area contributed by atoms with Crippen molar-refractivity contribution in [2.75, 3.05) is 0 Å². The zero-order valence-electron chi connectivity index (χ0n) is 14.1. The summed E-state index contributed by atoms with van der Waals surface area (Å²) in [5.41, 5.74) is 1.70. The Morgan fingerprint density at radius 2 is 1.59 bits per heavy atom. The molecule has 1 aromatic carbocycles. The van der Waals surface area contributed by atoms with E-state index in [1.165, 1.54) is 13.0 Å². The molecular weight excluding hydrogens is 283 g/mol. The van der Waals surface area contributed by atoms with E-state index in [2.05, 4.69) is 0 Å². The third-order valence-corrected chi connectivity index (χ3v) is 4.39. The summed E-state index contributed by atoms with van der Waals surface area (Å²) in [6.07, 6.45) is 3.27. The first kappa shape index (κ1) is 18.5. The molecular formula is C18H27FO3. The molecule has 0 aliphatic carbocycles. The van der Waals surface area contributed by atoms with E-state index in [0.717, 1.165) is 0 Å². The molecule has 0 saturated heterocycles. The van der Waals surface area contributed by atoms with Crippen molar-refractivity contribution in [2.45, 2.75) is 65.9 Å². The zero-order valence-corrected chi connectivity index (χ0v) is 14.1. The van der Waals surface area contributed by atoms with Gasteiger partial charge < -0.3 is 15.3 Å². The number of phenols is 2. The number of benzene rings is 1. The largest absolute Gasteiger partial charge is 0.507 e. The fourth-order valence-electron chi connectivity index (χ4n) is 2.59. The first-order chi connectivity index (χ1) is 10.1. The van der Waals surface area contributed by atoms with Crippen LogP contribution in [0.4, 0.5) is 4.39 Å². The quantitative estimate of drug-likeness (QED) is 0.684. The van der Waals surface area contributed by atoms with E-state index in [0.29, 0.717) is 47.9 Å². The Morgan fingerprint density at radius 3 is 2.14 bits per heavy atom. The predicted molar refractivity (Wildman–Crippen MR) is 87.0 cm³/mol. The molecule has 3 nitrogen and oxygen atoms in total. The van der Waals surface area contributed by atoms with Crippen LogP contribution >= 0.6 is 0 Å². The SMILES string of the molecule is C/C(F)=C/CC[C@](C)(O)CCc1c(C)c(O)c(C)c(C)c1O. The highest BCUT2D eigenvalue weighted by Gasteiger charge is 2.22. The Hall–Kier alpha value is -1.55. The average Bonchev–Trinajstić information content (AvgIpc) is 2.42. The Morgan fingerprint density at radius 1 is 1.05 bits per heavy atom. The van der Waals surface area contributed by atoms with Crippen LogP contribution in [0.25, 0.3) is 0 Å². The minimum Gasteiger partial charge on any atom is -0.507 e. The molecule has 124 valence electrons. The molecule has 0 fully saturated rings. The van der Waals surface area contributed by atoms with Crippen LogP contribution in [0.1, 0.15) is 55.4 Å². The van der Waals surface area contributed by atoms with Gasteiger partial charge in [0.15, 0.2) is 0 Å². The first-order valence-electron chi connectivity index (χ1n) is 7.62. The number of halogens is 1. The van der Waals surface area contributed by atoms with Gasteiger partial charge in [-0.05, 0) is 77.0 Å². The van der Waals surface area contributed by atoms with E-state index in [9.17, 15) is 19.7 Å². The Bertz CT molecular complexity index is 541. The summed E-state index contributed by atoms with van der Waals surface area (Å²) in [5, 5.41) is 30.7. The second-order valence-corrected chi connectivity index (χ2v) is 6.38. The van der Waals surface area contributed by atoms with Crippen molar-refractivity contribution in [3.8, 4) is 11.5 Å². The van der Waals surface area contributed by atoms with Crippen molar-refractivity contribution in [3.05, 3.63) is 34.2 Å². The van der Waals surface area contributed by atoms with Crippen molar-refractivity contribution >= 4 is 0 Å².